The summed E-state index contributed by atoms with van der Waals surface area (Å²) in [4.78, 5) is 39.4. The minimum absolute atomic E-state index is 0.155. The van der Waals surface area contributed by atoms with Gasteiger partial charge in [-0.05, 0) is 44.4 Å². The lowest BCUT2D eigenvalue weighted by atomic mass is 10.0. The lowest BCUT2D eigenvalue weighted by Crippen LogP contribution is -2.40. The fourth-order valence-corrected chi connectivity index (χ4v) is 3.64. The number of halogens is 1. The molecule has 4 amide bonds. The van der Waals surface area contributed by atoms with Crippen LogP contribution in [0.3, 0.4) is 0 Å². The molecule has 0 saturated carbocycles. The highest BCUT2D eigenvalue weighted by Crippen LogP contribution is 2.33. The van der Waals surface area contributed by atoms with E-state index in [0.29, 0.717) is 12.8 Å². The molecule has 0 bridgehead atoms. The number of nitrogens with zero attached hydrogens (tertiary/aromatic N) is 2. The summed E-state index contributed by atoms with van der Waals surface area (Å²) >= 11 is 0. The molecule has 1 aromatic rings. The molecule has 2 heterocycles. The Kier molecular flexibility index (Phi) is 5.19. The molecule has 27 heavy (non-hydrogen) atoms. The molecule has 2 atom stereocenters. The molecular formula is C19H24FN3O4. The number of nitrogens with one attached hydrogen (secondary N) is 1. The smallest absolute Gasteiger partial charge is 0.325 e. The van der Waals surface area contributed by atoms with Crippen LogP contribution in [0.4, 0.5) is 9.18 Å². The Morgan fingerprint density at radius 1 is 1.30 bits per heavy atom. The molecule has 0 aliphatic carbocycles. The van der Waals surface area contributed by atoms with Gasteiger partial charge >= 0.3 is 6.03 Å². The van der Waals surface area contributed by atoms with E-state index in [9.17, 15) is 23.9 Å². The standard InChI is InChI=1S/C19H24FN3O4/c1-19(2)17(26)22(18(27)21-19)9-3-4-16(25)23-11-14(24)10-15(23)12-5-7-13(20)8-6-12/h5-8,14-15,24H,3-4,9-11H2,1-2H3,(H,21,27)/t14-,15-/m0/s1. The van der Waals surface area contributed by atoms with Gasteiger partial charge in [-0.15, -0.1) is 0 Å². The van der Waals surface area contributed by atoms with E-state index in [1.54, 1.807) is 30.9 Å². The molecule has 2 aliphatic rings. The van der Waals surface area contributed by atoms with E-state index >= 15 is 0 Å². The van der Waals surface area contributed by atoms with Crippen molar-refractivity contribution in [1.82, 2.24) is 15.1 Å². The molecule has 2 aliphatic heterocycles. The summed E-state index contributed by atoms with van der Waals surface area (Å²) in [6.45, 7) is 3.66. The number of likely N-dealkylation sites (tertiary alicyclic amines) is 1. The molecule has 0 spiro atoms. The van der Waals surface area contributed by atoms with Gasteiger partial charge in [0.2, 0.25) is 5.91 Å². The molecule has 146 valence electrons. The molecular weight excluding hydrogens is 353 g/mol. The van der Waals surface area contributed by atoms with Crippen LogP contribution in [0, 0.1) is 5.82 Å². The van der Waals surface area contributed by atoms with Crippen LogP contribution in [0.1, 0.15) is 44.7 Å². The van der Waals surface area contributed by atoms with Gasteiger partial charge in [-0.1, -0.05) is 12.1 Å². The van der Waals surface area contributed by atoms with Crippen LogP contribution in [0.5, 0.6) is 0 Å². The van der Waals surface area contributed by atoms with Gasteiger partial charge in [0.15, 0.2) is 0 Å². The summed E-state index contributed by atoms with van der Waals surface area (Å²) in [5.74, 6) is -0.820. The Morgan fingerprint density at radius 2 is 1.96 bits per heavy atom. The van der Waals surface area contributed by atoms with E-state index in [2.05, 4.69) is 5.32 Å². The number of amides is 4. The number of β-amino-alcohol motifs (C(OH)–C–C–N with tert-alkyl or cyclic N) is 1. The van der Waals surface area contributed by atoms with E-state index in [4.69, 9.17) is 0 Å². The largest absolute Gasteiger partial charge is 0.391 e. The average Bonchev–Trinajstić information content (AvgIpc) is 3.07. The van der Waals surface area contributed by atoms with E-state index < -0.39 is 17.7 Å². The third-order valence-corrected chi connectivity index (χ3v) is 5.07. The fourth-order valence-electron chi connectivity index (χ4n) is 3.64. The van der Waals surface area contributed by atoms with Crippen LogP contribution in [0.15, 0.2) is 24.3 Å². The van der Waals surface area contributed by atoms with Crippen LogP contribution in [-0.4, -0.2) is 57.5 Å². The van der Waals surface area contributed by atoms with Gasteiger partial charge in [0.05, 0.1) is 12.1 Å². The summed E-state index contributed by atoms with van der Waals surface area (Å²) in [5.41, 5.74) is -0.148. The number of imide groups is 1. The maximum absolute atomic E-state index is 13.1. The first-order valence-corrected chi connectivity index (χ1v) is 9.06. The molecule has 7 nitrogen and oxygen atoms in total. The minimum Gasteiger partial charge on any atom is -0.391 e. The molecule has 2 fully saturated rings. The van der Waals surface area contributed by atoms with Crippen LogP contribution in [0.25, 0.3) is 0 Å². The van der Waals surface area contributed by atoms with Gasteiger partial charge in [-0.3, -0.25) is 14.5 Å². The topological polar surface area (TPSA) is 90.0 Å². The van der Waals surface area contributed by atoms with E-state index in [1.165, 1.54) is 12.1 Å². The van der Waals surface area contributed by atoms with Gasteiger partial charge in [-0.25, -0.2) is 9.18 Å². The maximum atomic E-state index is 13.1. The molecule has 2 saturated heterocycles. The summed E-state index contributed by atoms with van der Waals surface area (Å²) in [7, 11) is 0. The number of benzene rings is 1. The molecule has 3 rings (SSSR count). The van der Waals surface area contributed by atoms with Crippen molar-refractivity contribution in [3.63, 3.8) is 0 Å². The molecule has 0 aromatic heterocycles. The molecule has 1 aromatic carbocycles. The number of rotatable bonds is 5. The molecule has 8 heteroatoms. The molecule has 0 radical (unpaired) electrons. The van der Waals surface area contributed by atoms with E-state index in [-0.39, 0.29) is 43.2 Å². The van der Waals surface area contributed by atoms with Gasteiger partial charge < -0.3 is 15.3 Å². The zero-order valence-electron chi connectivity index (χ0n) is 15.4. The first-order chi connectivity index (χ1) is 12.7. The third kappa shape index (κ3) is 3.95. The minimum atomic E-state index is -0.923. The highest BCUT2D eigenvalue weighted by atomic mass is 19.1. The fraction of sp³-hybridized carbons (Fsp3) is 0.526. The number of carbonyl (C=O) groups excluding carboxylic acids is 3. The number of hydrogen-bond acceptors (Lipinski definition) is 4. The molecule has 0 unspecified atom stereocenters. The number of aliphatic hydroxyl groups excluding tert-OH is 1. The Morgan fingerprint density at radius 3 is 2.56 bits per heavy atom. The second-order valence-corrected chi connectivity index (χ2v) is 7.62. The van der Waals surface area contributed by atoms with Crippen molar-refractivity contribution in [2.24, 2.45) is 0 Å². The van der Waals surface area contributed by atoms with Crippen LogP contribution >= 0.6 is 0 Å². The second-order valence-electron chi connectivity index (χ2n) is 7.62. The second kappa shape index (κ2) is 7.26. The van der Waals surface area contributed by atoms with Gasteiger partial charge in [-0.2, -0.15) is 0 Å². The lowest BCUT2D eigenvalue weighted by Gasteiger charge is -2.25. The monoisotopic (exact) mass is 377 g/mol. The number of urea groups is 1. The van der Waals surface area contributed by atoms with Gasteiger partial charge in [0.1, 0.15) is 11.4 Å². The van der Waals surface area contributed by atoms with Crippen LogP contribution in [0.2, 0.25) is 0 Å². The maximum Gasteiger partial charge on any atom is 0.325 e. The van der Waals surface area contributed by atoms with Crippen molar-refractivity contribution >= 4 is 17.8 Å². The summed E-state index contributed by atoms with van der Waals surface area (Å²) in [6.07, 6.45) is 0.271. The van der Waals surface area contributed by atoms with E-state index in [1.807, 2.05) is 0 Å². The van der Waals surface area contributed by atoms with E-state index in [0.717, 1.165) is 10.5 Å². The third-order valence-electron chi connectivity index (χ3n) is 5.07. The number of aliphatic hydroxyl groups is 1. The van der Waals surface area contributed by atoms with Gasteiger partial charge in [0.25, 0.3) is 5.91 Å². The zero-order chi connectivity index (χ0) is 19.8. The Bertz CT molecular complexity index is 750. The van der Waals surface area contributed by atoms with Crippen molar-refractivity contribution < 1.29 is 23.9 Å². The first kappa shape index (κ1) is 19.3. The Labute approximate surface area is 157 Å². The highest BCUT2D eigenvalue weighted by molar-refractivity contribution is 6.06. The van der Waals surface area contributed by atoms with Crippen molar-refractivity contribution in [1.29, 1.82) is 0 Å². The molecule has 2 N–H and O–H groups in total. The van der Waals surface area contributed by atoms with Crippen molar-refractivity contribution in [2.45, 2.75) is 50.8 Å². The predicted molar refractivity (Wildman–Crippen MR) is 95.0 cm³/mol. The lowest BCUT2D eigenvalue weighted by molar-refractivity contribution is -0.134. The summed E-state index contributed by atoms with van der Waals surface area (Å²) in [6, 6.07) is 5.16. The van der Waals surface area contributed by atoms with Gasteiger partial charge in [0, 0.05) is 19.5 Å². The summed E-state index contributed by atoms with van der Waals surface area (Å²) in [5, 5.41) is 12.6. The van der Waals surface area contributed by atoms with Crippen LogP contribution in [-0.2, 0) is 9.59 Å². The Hall–Kier alpha value is -2.48. The van der Waals surface area contributed by atoms with Crippen molar-refractivity contribution in [3.8, 4) is 0 Å². The highest BCUT2D eigenvalue weighted by Gasteiger charge is 2.44. The normalized spacial score (nSPS) is 24.4. The number of hydrogen-bond donors (Lipinski definition) is 2. The quantitative estimate of drug-likeness (QED) is 0.763. The number of carbonyl (C=O) groups is 3. The van der Waals surface area contributed by atoms with Crippen LogP contribution < -0.4 is 5.32 Å². The van der Waals surface area contributed by atoms with Crippen molar-refractivity contribution in [2.75, 3.05) is 13.1 Å². The Balaban J connectivity index is 1.59. The first-order valence-electron chi connectivity index (χ1n) is 9.06. The average molecular weight is 377 g/mol. The summed E-state index contributed by atoms with van der Waals surface area (Å²) < 4.78 is 13.1. The predicted octanol–water partition coefficient (Wildman–Crippen LogP) is 1.57. The zero-order valence-corrected chi connectivity index (χ0v) is 15.4. The van der Waals surface area contributed by atoms with Crippen molar-refractivity contribution in [3.05, 3.63) is 35.6 Å². The SMILES string of the molecule is CC1(C)NC(=O)N(CCCC(=O)N2C[C@@H](O)C[C@H]2c2ccc(F)cc2)C1=O.